The molecular formula is C37H22IrN2OY-4. The second-order valence-electron chi connectivity index (χ2n) is 9.44. The van der Waals surface area contributed by atoms with Crippen molar-refractivity contribution in [1.29, 1.82) is 0 Å². The van der Waals surface area contributed by atoms with Crippen molar-refractivity contribution in [2.45, 2.75) is 6.61 Å². The molecule has 1 aliphatic rings. The quantitative estimate of drug-likeness (QED) is 0.165. The Hall–Kier alpha value is -3.53. The van der Waals surface area contributed by atoms with E-state index in [1.54, 1.807) is 0 Å². The maximum Gasteiger partial charge on any atom is 0.0943 e. The third-order valence-corrected chi connectivity index (χ3v) is 6.83. The fourth-order valence-corrected chi connectivity index (χ4v) is 4.82. The van der Waals surface area contributed by atoms with Gasteiger partial charge >= 0.3 is 0 Å². The molecule has 0 N–H and O–H groups in total. The molecule has 2 aromatic heterocycles. The molecule has 3 heterocycles. The van der Waals surface area contributed by atoms with Crippen molar-refractivity contribution in [3.05, 3.63) is 151 Å². The molecule has 5 aromatic carbocycles. The van der Waals surface area contributed by atoms with E-state index < -0.39 is 0 Å². The fourth-order valence-electron chi connectivity index (χ4n) is 4.82. The second kappa shape index (κ2) is 13.6. The van der Waals surface area contributed by atoms with E-state index >= 15 is 0 Å². The van der Waals surface area contributed by atoms with Crippen LogP contribution >= 0.6 is 0 Å². The van der Waals surface area contributed by atoms with Gasteiger partial charge in [0, 0.05) is 58.2 Å². The van der Waals surface area contributed by atoms with Gasteiger partial charge in [0.1, 0.15) is 0 Å². The SMILES string of the molecule is [Ir].[Y].[c-]1ccccc1-c1[c-]c2c([c-]c1)-c1nc3ccccc3cc1OC2.[c-]1ccccc1-c1ccc2ccccc2n1. The molecular weight excluding hydrogens is 770 g/mol. The molecule has 5 heteroatoms. The summed E-state index contributed by atoms with van der Waals surface area (Å²) in [5.41, 5.74) is 8.78. The molecule has 0 saturated heterocycles. The predicted octanol–water partition coefficient (Wildman–Crippen LogP) is 8.56. The van der Waals surface area contributed by atoms with Gasteiger partial charge in [-0.05, 0) is 35.0 Å². The molecule has 0 fully saturated rings. The monoisotopic (exact) mass is 792 g/mol. The van der Waals surface area contributed by atoms with Gasteiger partial charge in [-0.1, -0.05) is 48.5 Å². The smallest absolute Gasteiger partial charge is 0.0943 e. The molecule has 0 saturated carbocycles. The van der Waals surface area contributed by atoms with Crippen molar-refractivity contribution in [2.24, 2.45) is 0 Å². The summed E-state index contributed by atoms with van der Waals surface area (Å²) in [7, 11) is 0. The van der Waals surface area contributed by atoms with Crippen LogP contribution in [0.5, 0.6) is 5.75 Å². The third-order valence-electron chi connectivity index (χ3n) is 6.83. The van der Waals surface area contributed by atoms with Gasteiger partial charge < -0.3 is 9.72 Å². The summed E-state index contributed by atoms with van der Waals surface area (Å²) in [5, 5.41) is 2.25. The Bertz CT molecular complexity index is 1960. The van der Waals surface area contributed by atoms with Gasteiger partial charge in [0.05, 0.1) is 23.4 Å². The Morgan fingerprint density at radius 3 is 2.02 bits per heavy atom. The van der Waals surface area contributed by atoms with Crippen molar-refractivity contribution in [2.75, 3.05) is 0 Å². The van der Waals surface area contributed by atoms with Gasteiger partial charge in [-0.3, -0.25) is 4.98 Å². The van der Waals surface area contributed by atoms with Crippen molar-refractivity contribution < 1.29 is 57.6 Å². The number of benzene rings is 5. The normalized spacial score (nSPS) is 11.0. The molecule has 1 aliphatic heterocycles. The van der Waals surface area contributed by atoms with E-state index in [1.165, 1.54) is 5.39 Å². The number of hydrogen-bond acceptors (Lipinski definition) is 3. The molecule has 2 radical (unpaired) electrons. The van der Waals surface area contributed by atoms with Crippen molar-refractivity contribution in [3.8, 4) is 39.4 Å². The average molecular weight is 792 g/mol. The zero-order chi connectivity index (χ0) is 26.7. The number of nitrogens with zero attached hydrogens (tertiary/aromatic N) is 2. The van der Waals surface area contributed by atoms with Crippen molar-refractivity contribution in [3.63, 3.8) is 0 Å². The van der Waals surface area contributed by atoms with Crippen LogP contribution in [-0.2, 0) is 59.4 Å². The number of rotatable bonds is 2. The number of pyridine rings is 2. The summed E-state index contributed by atoms with van der Waals surface area (Å²) in [4.78, 5) is 9.39. The number of para-hydroxylation sites is 2. The summed E-state index contributed by atoms with van der Waals surface area (Å²) in [5.74, 6) is 0.810. The third kappa shape index (κ3) is 6.28. The van der Waals surface area contributed by atoms with Gasteiger partial charge in [0.25, 0.3) is 0 Å². The molecule has 0 spiro atoms. The minimum Gasteiger partial charge on any atom is -0.508 e. The van der Waals surface area contributed by atoms with Crippen LogP contribution < -0.4 is 4.74 Å². The van der Waals surface area contributed by atoms with E-state index in [-0.39, 0.29) is 52.8 Å². The summed E-state index contributed by atoms with van der Waals surface area (Å²) in [6.07, 6.45) is 0. The largest absolute Gasteiger partial charge is 0.508 e. The van der Waals surface area contributed by atoms with Crippen LogP contribution in [0.2, 0.25) is 0 Å². The standard InChI is InChI=1S/C22H12NO.C15H10N.Ir.Y/c1-2-6-15(7-3-1)16-10-11-19-18(12-16)14-24-21-13-17-8-4-5-9-20(17)23-22(19)21;1-2-6-12(7-3-1)15-11-10-13-8-4-5-9-14(13)16-15;;/h1-6,8-10,13H,14H2;1-6,8-11H;;/q-3;-1;;. The molecule has 0 amide bonds. The van der Waals surface area contributed by atoms with E-state index in [4.69, 9.17) is 9.72 Å². The molecule has 3 nitrogen and oxygen atoms in total. The zero-order valence-corrected chi connectivity index (χ0v) is 27.7. The predicted molar refractivity (Wildman–Crippen MR) is 159 cm³/mol. The maximum absolute atomic E-state index is 5.92. The van der Waals surface area contributed by atoms with Crippen LogP contribution in [0.1, 0.15) is 5.56 Å². The van der Waals surface area contributed by atoms with E-state index in [2.05, 4.69) is 41.4 Å². The topological polar surface area (TPSA) is 35.0 Å². The van der Waals surface area contributed by atoms with Crippen LogP contribution in [0.3, 0.4) is 0 Å². The molecule has 0 aliphatic carbocycles. The van der Waals surface area contributed by atoms with E-state index in [0.717, 1.165) is 61.4 Å². The number of hydrogen-bond donors (Lipinski definition) is 0. The zero-order valence-electron chi connectivity index (χ0n) is 22.5. The van der Waals surface area contributed by atoms with Crippen LogP contribution in [0.15, 0.2) is 121 Å². The van der Waals surface area contributed by atoms with E-state index in [9.17, 15) is 0 Å². The maximum atomic E-state index is 5.92. The Morgan fingerprint density at radius 1 is 0.619 bits per heavy atom. The molecule has 8 rings (SSSR count). The Balaban J connectivity index is 0.000000172. The van der Waals surface area contributed by atoms with Gasteiger partial charge in [0.2, 0.25) is 0 Å². The summed E-state index contributed by atoms with van der Waals surface area (Å²) in [6, 6.07) is 53.4. The first kappa shape index (κ1) is 29.9. The summed E-state index contributed by atoms with van der Waals surface area (Å²) < 4.78 is 5.92. The summed E-state index contributed by atoms with van der Waals surface area (Å²) in [6.45, 7) is 0.486. The van der Waals surface area contributed by atoms with Crippen LogP contribution in [-0.4, -0.2) is 9.97 Å². The molecule has 42 heavy (non-hydrogen) atoms. The average Bonchev–Trinajstić information content (AvgIpc) is 3.04. The number of aromatic nitrogens is 2. The Morgan fingerprint density at radius 2 is 1.29 bits per heavy atom. The minimum atomic E-state index is 0. The summed E-state index contributed by atoms with van der Waals surface area (Å²) >= 11 is 0. The van der Waals surface area contributed by atoms with Crippen LogP contribution in [0, 0.1) is 24.3 Å². The Kier molecular flexibility index (Phi) is 9.72. The van der Waals surface area contributed by atoms with Gasteiger partial charge in [-0.2, -0.15) is 35.4 Å². The van der Waals surface area contributed by atoms with Crippen molar-refractivity contribution in [1.82, 2.24) is 9.97 Å². The van der Waals surface area contributed by atoms with Crippen LogP contribution in [0.25, 0.3) is 55.4 Å². The molecule has 0 unspecified atom stereocenters. The first-order valence-corrected chi connectivity index (χ1v) is 13.1. The fraction of sp³-hybridized carbons (Fsp3) is 0.0270. The molecule has 202 valence electrons. The second-order valence-corrected chi connectivity index (χ2v) is 9.44. The first-order chi connectivity index (χ1) is 19.8. The molecule has 0 bridgehead atoms. The minimum absolute atomic E-state index is 0. The van der Waals surface area contributed by atoms with Gasteiger partial charge in [0.15, 0.2) is 0 Å². The van der Waals surface area contributed by atoms with Gasteiger partial charge in [-0.15, -0.1) is 42.0 Å². The van der Waals surface area contributed by atoms with Crippen molar-refractivity contribution >= 4 is 21.8 Å². The Labute approximate surface area is 284 Å². The van der Waals surface area contributed by atoms with Gasteiger partial charge in [-0.25, -0.2) is 29.3 Å². The molecule has 0 atom stereocenters. The van der Waals surface area contributed by atoms with Crippen LogP contribution in [0.4, 0.5) is 0 Å². The number of ether oxygens (including phenoxy) is 1. The molecule has 7 aromatic rings. The van der Waals surface area contributed by atoms with E-state index in [1.807, 2.05) is 109 Å². The van der Waals surface area contributed by atoms with E-state index in [0.29, 0.717) is 6.61 Å². The number of fused-ring (bicyclic) bond motifs is 5. The first-order valence-electron chi connectivity index (χ1n) is 13.1.